The van der Waals surface area contributed by atoms with E-state index in [-0.39, 0.29) is 12.0 Å². The first kappa shape index (κ1) is 22.4. The number of aliphatic hydroxyl groups is 1. The molecule has 5 heterocycles. The first-order valence-corrected chi connectivity index (χ1v) is 12.1. The molecule has 1 aromatic carbocycles. The minimum absolute atomic E-state index is 0.223. The summed E-state index contributed by atoms with van der Waals surface area (Å²) >= 11 is 6.74. The van der Waals surface area contributed by atoms with E-state index >= 15 is 0 Å². The lowest BCUT2D eigenvalue weighted by Crippen LogP contribution is -2.41. The number of hydrogen-bond acceptors (Lipinski definition) is 9. The van der Waals surface area contributed by atoms with Gasteiger partial charge >= 0.3 is 0 Å². The van der Waals surface area contributed by atoms with Crippen LogP contribution in [0.2, 0.25) is 5.02 Å². The normalized spacial score (nSPS) is 19.8. The van der Waals surface area contributed by atoms with Crippen molar-refractivity contribution < 1.29 is 14.6 Å². The van der Waals surface area contributed by atoms with Gasteiger partial charge in [-0.05, 0) is 43.7 Å². The first-order valence-electron chi connectivity index (χ1n) is 11.7. The Morgan fingerprint density at radius 2 is 2.06 bits per heavy atom. The van der Waals surface area contributed by atoms with Crippen molar-refractivity contribution in [3.05, 3.63) is 29.0 Å². The minimum Gasteiger partial charge on any atom is -0.480 e. The monoisotopic (exact) mass is 495 g/mol. The Morgan fingerprint density at radius 1 is 1.23 bits per heavy atom. The fourth-order valence-corrected chi connectivity index (χ4v) is 5.61. The SMILES string of the molecule is COc1cnc2ccc(-c3[nH]nc4nc(N5CCC6(CC5)CO[C@@H](C)C6)c(CO)nc34)c(Cl)c2n1. The second-order valence-corrected chi connectivity index (χ2v) is 9.82. The van der Waals surface area contributed by atoms with E-state index in [2.05, 4.69) is 32.0 Å². The van der Waals surface area contributed by atoms with Crippen molar-refractivity contribution >= 4 is 39.6 Å². The molecule has 0 radical (unpaired) electrons. The van der Waals surface area contributed by atoms with Crippen molar-refractivity contribution in [2.45, 2.75) is 38.9 Å². The van der Waals surface area contributed by atoms with Crippen LogP contribution < -0.4 is 9.64 Å². The third kappa shape index (κ3) is 3.76. The average Bonchev–Trinajstić information content (AvgIpc) is 3.46. The number of methoxy groups -OCH3 is 1. The van der Waals surface area contributed by atoms with Gasteiger partial charge in [0, 0.05) is 18.7 Å². The molecular formula is C24H26ClN7O3. The smallest absolute Gasteiger partial charge is 0.232 e. The molecule has 4 aromatic rings. The Bertz CT molecular complexity index is 1420. The molecular weight excluding hydrogens is 470 g/mol. The topological polar surface area (TPSA) is 122 Å². The summed E-state index contributed by atoms with van der Waals surface area (Å²) in [5.41, 5.74) is 4.24. The van der Waals surface area contributed by atoms with Gasteiger partial charge in [0.2, 0.25) is 11.5 Å². The van der Waals surface area contributed by atoms with E-state index in [1.54, 1.807) is 6.20 Å². The maximum Gasteiger partial charge on any atom is 0.232 e. The average molecular weight is 496 g/mol. The number of halogens is 1. The van der Waals surface area contributed by atoms with Crippen molar-refractivity contribution in [1.29, 1.82) is 0 Å². The number of nitrogens with one attached hydrogen (secondary N) is 1. The van der Waals surface area contributed by atoms with Crippen molar-refractivity contribution in [2.24, 2.45) is 5.41 Å². The van der Waals surface area contributed by atoms with Crippen LogP contribution in [-0.2, 0) is 11.3 Å². The summed E-state index contributed by atoms with van der Waals surface area (Å²) in [4.78, 5) is 20.6. The molecule has 0 amide bonds. The van der Waals surface area contributed by atoms with Crippen LogP contribution in [-0.4, -0.2) is 68.1 Å². The molecule has 1 atom stereocenters. The van der Waals surface area contributed by atoms with E-state index in [1.807, 2.05) is 12.1 Å². The second-order valence-electron chi connectivity index (χ2n) is 9.44. The molecule has 11 heteroatoms. The lowest BCUT2D eigenvalue weighted by Gasteiger charge is -2.39. The molecule has 0 unspecified atom stereocenters. The summed E-state index contributed by atoms with van der Waals surface area (Å²) in [7, 11) is 1.53. The van der Waals surface area contributed by atoms with E-state index in [0.29, 0.717) is 62.0 Å². The Labute approximate surface area is 206 Å². The second kappa shape index (κ2) is 8.54. The first-order chi connectivity index (χ1) is 17.0. The van der Waals surface area contributed by atoms with Gasteiger partial charge < -0.3 is 19.5 Å². The number of rotatable bonds is 4. The fourth-order valence-electron chi connectivity index (χ4n) is 5.32. The summed E-state index contributed by atoms with van der Waals surface area (Å²) in [6.45, 7) is 4.43. The highest BCUT2D eigenvalue weighted by atomic mass is 35.5. The largest absolute Gasteiger partial charge is 0.480 e. The molecule has 0 bridgehead atoms. The van der Waals surface area contributed by atoms with Crippen LogP contribution in [0.15, 0.2) is 18.3 Å². The molecule has 3 aromatic heterocycles. The summed E-state index contributed by atoms with van der Waals surface area (Å²) in [6.07, 6.45) is 5.04. The molecule has 2 N–H and O–H groups in total. The zero-order valence-electron chi connectivity index (χ0n) is 19.6. The summed E-state index contributed by atoms with van der Waals surface area (Å²) < 4.78 is 11.1. The van der Waals surface area contributed by atoms with Gasteiger partial charge in [-0.3, -0.25) is 5.10 Å². The molecule has 2 saturated heterocycles. The highest BCUT2D eigenvalue weighted by molar-refractivity contribution is 6.38. The maximum atomic E-state index is 10.2. The van der Waals surface area contributed by atoms with Gasteiger partial charge in [-0.1, -0.05) is 11.6 Å². The zero-order valence-corrected chi connectivity index (χ0v) is 20.3. The number of aromatic nitrogens is 6. The van der Waals surface area contributed by atoms with Crippen molar-refractivity contribution in [1.82, 2.24) is 30.1 Å². The van der Waals surface area contributed by atoms with Gasteiger partial charge in [-0.15, -0.1) is 0 Å². The van der Waals surface area contributed by atoms with Gasteiger partial charge in [-0.2, -0.15) is 5.10 Å². The van der Waals surface area contributed by atoms with Crippen molar-refractivity contribution in [2.75, 3.05) is 31.7 Å². The van der Waals surface area contributed by atoms with Crippen LogP contribution in [0.4, 0.5) is 5.82 Å². The van der Waals surface area contributed by atoms with Crippen molar-refractivity contribution in [3.8, 4) is 17.1 Å². The maximum absolute atomic E-state index is 10.2. The zero-order chi connectivity index (χ0) is 24.2. The third-order valence-electron chi connectivity index (χ3n) is 7.22. The van der Waals surface area contributed by atoms with Crippen LogP contribution in [0.3, 0.4) is 0 Å². The standard InChI is InChI=1S/C24H26ClN7O3/c1-13-9-24(12-35-13)5-7-32(8-6-24)23-16(11-33)27-21-19(30-31-22(21)29-23)14-3-4-15-20(18(14)25)28-17(34-2)10-26-15/h3-4,10,13,33H,5-9,11-12H2,1-2H3,(H,29,30,31)/t13-/m0/s1. The lowest BCUT2D eigenvalue weighted by atomic mass is 9.77. The Hall–Kier alpha value is -3.08. The van der Waals surface area contributed by atoms with Gasteiger partial charge in [-0.25, -0.2) is 19.9 Å². The lowest BCUT2D eigenvalue weighted by molar-refractivity contribution is 0.0975. The molecule has 10 nitrogen and oxygen atoms in total. The molecule has 6 rings (SSSR count). The Morgan fingerprint density at radius 3 is 2.77 bits per heavy atom. The molecule has 2 aliphatic heterocycles. The third-order valence-corrected chi connectivity index (χ3v) is 7.60. The van der Waals surface area contributed by atoms with Crippen LogP contribution in [0, 0.1) is 5.41 Å². The number of nitrogens with zero attached hydrogens (tertiary/aromatic N) is 6. The summed E-state index contributed by atoms with van der Waals surface area (Å²) in [5, 5.41) is 18.0. The van der Waals surface area contributed by atoms with Crippen LogP contribution in [0.1, 0.15) is 31.9 Å². The fraction of sp³-hybridized carbons (Fsp3) is 0.458. The van der Waals surface area contributed by atoms with Gasteiger partial charge in [0.15, 0.2) is 5.82 Å². The highest BCUT2D eigenvalue weighted by Gasteiger charge is 2.41. The van der Waals surface area contributed by atoms with E-state index in [9.17, 15) is 5.11 Å². The van der Waals surface area contributed by atoms with E-state index in [1.165, 1.54) is 7.11 Å². The van der Waals surface area contributed by atoms with E-state index in [4.69, 9.17) is 31.0 Å². The van der Waals surface area contributed by atoms with E-state index in [0.717, 1.165) is 39.0 Å². The molecule has 0 aliphatic carbocycles. The predicted molar refractivity (Wildman–Crippen MR) is 132 cm³/mol. The number of H-pyrrole nitrogens is 1. The minimum atomic E-state index is -0.223. The highest BCUT2D eigenvalue weighted by Crippen LogP contribution is 2.43. The molecule has 35 heavy (non-hydrogen) atoms. The molecule has 182 valence electrons. The van der Waals surface area contributed by atoms with Gasteiger partial charge in [0.05, 0.1) is 48.9 Å². The number of benzene rings is 1. The number of anilines is 1. The van der Waals surface area contributed by atoms with Crippen LogP contribution in [0.5, 0.6) is 5.88 Å². The van der Waals surface area contributed by atoms with Crippen molar-refractivity contribution in [3.63, 3.8) is 0 Å². The number of piperidine rings is 1. The summed E-state index contributed by atoms with van der Waals surface area (Å²) in [6, 6.07) is 3.68. The predicted octanol–water partition coefficient (Wildman–Crippen LogP) is 3.51. The molecule has 0 saturated carbocycles. The summed E-state index contributed by atoms with van der Waals surface area (Å²) in [5.74, 6) is 1.06. The Balaban J connectivity index is 1.36. The van der Waals surface area contributed by atoms with Gasteiger partial charge in [0.1, 0.15) is 16.7 Å². The number of fused-ring (bicyclic) bond motifs is 2. The van der Waals surface area contributed by atoms with E-state index < -0.39 is 0 Å². The number of hydrogen-bond donors (Lipinski definition) is 2. The number of ether oxygens (including phenoxy) is 2. The van der Waals surface area contributed by atoms with Crippen LogP contribution in [0.25, 0.3) is 33.5 Å². The van der Waals surface area contributed by atoms with Gasteiger partial charge in [0.25, 0.3) is 0 Å². The molecule has 2 fully saturated rings. The Kier molecular flexibility index (Phi) is 5.46. The number of aromatic amines is 1. The number of aliphatic hydroxyl groups excluding tert-OH is 1. The molecule has 2 aliphatic rings. The quantitative estimate of drug-likeness (QED) is 0.437. The molecule has 1 spiro atoms. The van der Waals surface area contributed by atoms with Crippen LogP contribution >= 0.6 is 11.6 Å².